The number of aliphatic hydroxyl groups excluding tert-OH is 1. The lowest BCUT2D eigenvalue weighted by atomic mass is 10.1. The molecule has 1 N–H and O–H groups in total. The summed E-state index contributed by atoms with van der Waals surface area (Å²) in [4.78, 5) is 0. The zero-order valence-electron chi connectivity index (χ0n) is 11.6. The minimum atomic E-state index is -0.397. The molecule has 3 nitrogen and oxygen atoms in total. The molecule has 1 aromatic rings. The van der Waals surface area contributed by atoms with Crippen molar-refractivity contribution in [3.63, 3.8) is 0 Å². The molecule has 0 aliphatic heterocycles. The van der Waals surface area contributed by atoms with Gasteiger partial charge >= 0.3 is 0 Å². The number of hydrogen-bond acceptors (Lipinski definition) is 3. The number of ether oxygens (including phenoxy) is 2. The predicted octanol–water partition coefficient (Wildman–Crippen LogP) is 3.40. The van der Waals surface area contributed by atoms with Gasteiger partial charge in [-0.05, 0) is 44.0 Å². The van der Waals surface area contributed by atoms with Crippen molar-refractivity contribution in [3.05, 3.63) is 24.3 Å². The molecule has 102 valence electrons. The Bertz CT molecular complexity index is 321. The monoisotopic (exact) mass is 252 g/mol. The Labute approximate surface area is 110 Å². The summed E-state index contributed by atoms with van der Waals surface area (Å²) in [7, 11) is 0. The first-order valence-corrected chi connectivity index (χ1v) is 6.78. The second kappa shape index (κ2) is 7.98. The highest BCUT2D eigenvalue weighted by molar-refractivity contribution is 5.31. The molecule has 0 saturated heterocycles. The molecule has 2 atom stereocenters. The van der Waals surface area contributed by atoms with Gasteiger partial charge in [0.2, 0.25) is 0 Å². The van der Waals surface area contributed by atoms with Gasteiger partial charge in [0.15, 0.2) is 0 Å². The van der Waals surface area contributed by atoms with Crippen LogP contribution in [0.3, 0.4) is 0 Å². The van der Waals surface area contributed by atoms with Crippen molar-refractivity contribution in [2.45, 2.75) is 52.2 Å². The van der Waals surface area contributed by atoms with E-state index < -0.39 is 6.10 Å². The molecule has 0 amide bonds. The number of rotatable bonds is 8. The van der Waals surface area contributed by atoms with Crippen molar-refractivity contribution in [2.24, 2.45) is 0 Å². The first kappa shape index (κ1) is 14.8. The van der Waals surface area contributed by atoms with Crippen LogP contribution in [0, 0.1) is 0 Å². The molecule has 3 heteroatoms. The van der Waals surface area contributed by atoms with Gasteiger partial charge < -0.3 is 14.6 Å². The number of benzene rings is 1. The molecule has 0 aliphatic carbocycles. The standard InChI is InChI=1S/C15H24O3/c1-4-7-14(16)15(5-2)18-13-10-8-12(9-11-13)17-6-3/h8-11,14-16H,4-7H2,1-3H3. The predicted molar refractivity (Wildman–Crippen MR) is 73.2 cm³/mol. The summed E-state index contributed by atoms with van der Waals surface area (Å²) in [6.45, 7) is 6.70. The molecular formula is C15H24O3. The summed E-state index contributed by atoms with van der Waals surface area (Å²) in [5, 5.41) is 9.96. The first-order valence-electron chi connectivity index (χ1n) is 6.78. The molecule has 0 heterocycles. The number of aliphatic hydroxyl groups is 1. The van der Waals surface area contributed by atoms with Crippen molar-refractivity contribution in [2.75, 3.05) is 6.61 Å². The fraction of sp³-hybridized carbons (Fsp3) is 0.600. The maximum atomic E-state index is 9.96. The molecule has 0 aromatic heterocycles. The highest BCUT2D eigenvalue weighted by atomic mass is 16.5. The zero-order chi connectivity index (χ0) is 13.4. The van der Waals surface area contributed by atoms with Crippen LogP contribution in [0.1, 0.15) is 40.0 Å². The average Bonchev–Trinajstić information content (AvgIpc) is 2.38. The number of hydrogen-bond donors (Lipinski definition) is 1. The first-order chi connectivity index (χ1) is 8.71. The van der Waals surface area contributed by atoms with E-state index in [1.54, 1.807) is 0 Å². The maximum Gasteiger partial charge on any atom is 0.124 e. The fourth-order valence-electron chi connectivity index (χ4n) is 1.87. The summed E-state index contributed by atoms with van der Waals surface area (Å²) in [5.74, 6) is 1.62. The molecule has 0 bridgehead atoms. The smallest absolute Gasteiger partial charge is 0.124 e. The molecular weight excluding hydrogens is 228 g/mol. The summed E-state index contributed by atoms with van der Waals surface area (Å²) < 4.78 is 11.2. The molecule has 0 spiro atoms. The Hall–Kier alpha value is -1.22. The average molecular weight is 252 g/mol. The molecule has 0 radical (unpaired) electrons. The second-order valence-corrected chi connectivity index (χ2v) is 4.32. The van der Waals surface area contributed by atoms with E-state index in [9.17, 15) is 5.11 Å². The Morgan fingerprint density at radius 1 is 1.06 bits per heavy atom. The highest BCUT2D eigenvalue weighted by Crippen LogP contribution is 2.21. The molecule has 18 heavy (non-hydrogen) atoms. The van der Waals surface area contributed by atoms with Crippen LogP contribution in [0.4, 0.5) is 0 Å². The minimum Gasteiger partial charge on any atom is -0.494 e. The summed E-state index contributed by atoms with van der Waals surface area (Å²) in [6, 6.07) is 7.54. The molecule has 0 aliphatic rings. The van der Waals surface area contributed by atoms with Gasteiger partial charge in [-0.2, -0.15) is 0 Å². The molecule has 1 aromatic carbocycles. The Morgan fingerprint density at radius 3 is 2.17 bits per heavy atom. The van der Waals surface area contributed by atoms with E-state index in [1.165, 1.54) is 0 Å². The Morgan fingerprint density at radius 2 is 1.67 bits per heavy atom. The van der Waals surface area contributed by atoms with Crippen LogP contribution in [0.15, 0.2) is 24.3 Å². The topological polar surface area (TPSA) is 38.7 Å². The van der Waals surface area contributed by atoms with Crippen molar-refractivity contribution in [1.29, 1.82) is 0 Å². The van der Waals surface area contributed by atoms with Crippen molar-refractivity contribution >= 4 is 0 Å². The van der Waals surface area contributed by atoms with Gasteiger partial charge in [-0.3, -0.25) is 0 Å². The lowest BCUT2D eigenvalue weighted by Gasteiger charge is -2.22. The third kappa shape index (κ3) is 4.57. The molecule has 0 saturated carbocycles. The van der Waals surface area contributed by atoms with E-state index in [-0.39, 0.29) is 6.10 Å². The fourth-order valence-corrected chi connectivity index (χ4v) is 1.87. The molecule has 1 rings (SSSR count). The van der Waals surface area contributed by atoms with Crippen LogP contribution in [0.25, 0.3) is 0 Å². The van der Waals surface area contributed by atoms with E-state index in [0.29, 0.717) is 6.61 Å². The Balaban J connectivity index is 2.58. The highest BCUT2D eigenvalue weighted by Gasteiger charge is 2.18. The van der Waals surface area contributed by atoms with Gasteiger partial charge in [0.25, 0.3) is 0 Å². The van der Waals surface area contributed by atoms with E-state index in [0.717, 1.165) is 30.8 Å². The van der Waals surface area contributed by atoms with Crippen molar-refractivity contribution in [3.8, 4) is 11.5 Å². The lowest BCUT2D eigenvalue weighted by molar-refractivity contribution is 0.0284. The minimum absolute atomic E-state index is 0.136. The maximum absolute atomic E-state index is 9.96. The van der Waals surface area contributed by atoms with Gasteiger partial charge in [0.05, 0.1) is 12.7 Å². The largest absolute Gasteiger partial charge is 0.494 e. The normalized spacial score (nSPS) is 14.0. The van der Waals surface area contributed by atoms with E-state index in [2.05, 4.69) is 6.92 Å². The summed E-state index contributed by atoms with van der Waals surface area (Å²) in [6.07, 6.45) is 2.00. The van der Waals surface area contributed by atoms with Crippen molar-refractivity contribution in [1.82, 2.24) is 0 Å². The van der Waals surface area contributed by atoms with E-state index in [1.807, 2.05) is 38.1 Å². The van der Waals surface area contributed by atoms with E-state index >= 15 is 0 Å². The second-order valence-electron chi connectivity index (χ2n) is 4.32. The van der Waals surface area contributed by atoms with Gasteiger partial charge in [-0.1, -0.05) is 20.3 Å². The zero-order valence-corrected chi connectivity index (χ0v) is 11.6. The van der Waals surface area contributed by atoms with Crippen LogP contribution in [-0.2, 0) is 0 Å². The third-order valence-electron chi connectivity index (χ3n) is 2.84. The summed E-state index contributed by atoms with van der Waals surface area (Å²) in [5.41, 5.74) is 0. The van der Waals surface area contributed by atoms with E-state index in [4.69, 9.17) is 9.47 Å². The third-order valence-corrected chi connectivity index (χ3v) is 2.84. The van der Waals surface area contributed by atoms with Crippen LogP contribution in [0.2, 0.25) is 0 Å². The lowest BCUT2D eigenvalue weighted by Crippen LogP contribution is -2.30. The van der Waals surface area contributed by atoms with Crippen LogP contribution < -0.4 is 9.47 Å². The molecule has 0 fully saturated rings. The van der Waals surface area contributed by atoms with Gasteiger partial charge in [-0.25, -0.2) is 0 Å². The quantitative estimate of drug-likeness (QED) is 0.770. The molecule has 2 unspecified atom stereocenters. The van der Waals surface area contributed by atoms with Crippen LogP contribution in [-0.4, -0.2) is 23.9 Å². The SMILES string of the molecule is CCCC(O)C(CC)Oc1ccc(OCC)cc1. The van der Waals surface area contributed by atoms with Crippen LogP contribution >= 0.6 is 0 Å². The summed E-state index contributed by atoms with van der Waals surface area (Å²) >= 11 is 0. The van der Waals surface area contributed by atoms with Gasteiger partial charge in [-0.15, -0.1) is 0 Å². The Kier molecular flexibility index (Phi) is 6.58. The van der Waals surface area contributed by atoms with Crippen LogP contribution in [0.5, 0.6) is 11.5 Å². The van der Waals surface area contributed by atoms with Gasteiger partial charge in [0.1, 0.15) is 17.6 Å². The van der Waals surface area contributed by atoms with Crippen molar-refractivity contribution < 1.29 is 14.6 Å². The van der Waals surface area contributed by atoms with Gasteiger partial charge in [0, 0.05) is 0 Å².